The van der Waals surface area contributed by atoms with Gasteiger partial charge in [0.25, 0.3) is 5.91 Å². The zero-order valence-electron chi connectivity index (χ0n) is 17.2. The molecule has 1 N–H and O–H groups in total. The largest absolute Gasteiger partial charge is 0.377 e. The second kappa shape index (κ2) is 9.61. The maximum absolute atomic E-state index is 12.5. The summed E-state index contributed by atoms with van der Waals surface area (Å²) in [5.74, 6) is 1.68. The molecule has 0 aliphatic carbocycles. The molecule has 2 aromatic rings. The van der Waals surface area contributed by atoms with E-state index in [0.29, 0.717) is 37.6 Å². The standard InChI is InChI=1S/C21H27N5O3S/c1-25-18(23-24-21(25)30-14-17-7-4-12-29-17)9-10-22-20(28)15-5-2-6-16(13-15)26-11-3-8-19(26)27/h2,5-6,13,17H,3-4,7-12,14H2,1H3,(H,22,28)/t17-/m1/s1. The lowest BCUT2D eigenvalue weighted by molar-refractivity contribution is -0.117. The van der Waals surface area contributed by atoms with Gasteiger partial charge in [-0.05, 0) is 37.5 Å². The average Bonchev–Trinajstić information content (AvgIpc) is 3.49. The Morgan fingerprint density at radius 1 is 1.33 bits per heavy atom. The second-order valence-corrected chi connectivity index (χ2v) is 8.60. The van der Waals surface area contributed by atoms with Gasteiger partial charge in [-0.2, -0.15) is 0 Å². The highest BCUT2D eigenvalue weighted by Crippen LogP contribution is 2.23. The first-order valence-electron chi connectivity index (χ1n) is 10.4. The van der Waals surface area contributed by atoms with Gasteiger partial charge in [0.1, 0.15) is 5.82 Å². The number of hydrogen-bond donors (Lipinski definition) is 1. The molecule has 1 aromatic carbocycles. The fourth-order valence-corrected chi connectivity index (χ4v) is 4.75. The van der Waals surface area contributed by atoms with E-state index in [0.717, 1.165) is 48.3 Å². The molecule has 4 rings (SSSR count). The molecule has 0 spiro atoms. The Morgan fingerprint density at radius 2 is 2.23 bits per heavy atom. The fraction of sp³-hybridized carbons (Fsp3) is 0.524. The molecule has 2 fully saturated rings. The Labute approximate surface area is 180 Å². The normalized spacial score (nSPS) is 18.9. The van der Waals surface area contributed by atoms with E-state index >= 15 is 0 Å². The first kappa shape index (κ1) is 20.9. The van der Waals surface area contributed by atoms with Crippen LogP contribution in [0, 0.1) is 0 Å². The second-order valence-electron chi connectivity index (χ2n) is 7.61. The van der Waals surface area contributed by atoms with Gasteiger partial charge in [-0.15, -0.1) is 10.2 Å². The van der Waals surface area contributed by atoms with Crippen molar-refractivity contribution in [3.05, 3.63) is 35.7 Å². The maximum atomic E-state index is 12.5. The molecule has 1 atom stereocenters. The van der Waals surface area contributed by atoms with Gasteiger partial charge >= 0.3 is 0 Å². The molecule has 9 heteroatoms. The van der Waals surface area contributed by atoms with Crippen LogP contribution in [0.25, 0.3) is 0 Å². The van der Waals surface area contributed by atoms with Crippen LogP contribution in [0.5, 0.6) is 0 Å². The van der Waals surface area contributed by atoms with Crippen LogP contribution in [0.4, 0.5) is 5.69 Å². The van der Waals surface area contributed by atoms with Crippen LogP contribution in [0.3, 0.4) is 0 Å². The highest BCUT2D eigenvalue weighted by Gasteiger charge is 2.22. The number of anilines is 1. The van der Waals surface area contributed by atoms with Gasteiger partial charge in [-0.1, -0.05) is 17.8 Å². The molecule has 0 bridgehead atoms. The summed E-state index contributed by atoms with van der Waals surface area (Å²) < 4.78 is 7.63. The Bertz CT molecular complexity index is 910. The summed E-state index contributed by atoms with van der Waals surface area (Å²) in [6.07, 6.45) is 4.58. The molecule has 0 radical (unpaired) electrons. The maximum Gasteiger partial charge on any atom is 0.251 e. The molecule has 2 amide bonds. The summed E-state index contributed by atoms with van der Waals surface area (Å²) in [5.41, 5.74) is 1.34. The fourth-order valence-electron chi connectivity index (χ4n) is 3.76. The van der Waals surface area contributed by atoms with Gasteiger partial charge in [0.2, 0.25) is 5.91 Å². The molecule has 1 aromatic heterocycles. The van der Waals surface area contributed by atoms with E-state index in [1.165, 1.54) is 0 Å². The van der Waals surface area contributed by atoms with E-state index in [1.807, 2.05) is 23.7 Å². The lowest BCUT2D eigenvalue weighted by Gasteiger charge is -2.16. The molecule has 2 aliphatic heterocycles. The van der Waals surface area contributed by atoms with E-state index < -0.39 is 0 Å². The first-order valence-corrected chi connectivity index (χ1v) is 11.4. The van der Waals surface area contributed by atoms with Crippen molar-refractivity contribution in [3.63, 3.8) is 0 Å². The van der Waals surface area contributed by atoms with E-state index in [-0.39, 0.29) is 11.8 Å². The third kappa shape index (κ3) is 4.84. The molecule has 30 heavy (non-hydrogen) atoms. The van der Waals surface area contributed by atoms with E-state index in [9.17, 15) is 9.59 Å². The van der Waals surface area contributed by atoms with Gasteiger partial charge < -0.3 is 19.5 Å². The van der Waals surface area contributed by atoms with Gasteiger partial charge in [0.05, 0.1) is 6.10 Å². The van der Waals surface area contributed by atoms with Crippen molar-refractivity contribution in [2.24, 2.45) is 7.05 Å². The van der Waals surface area contributed by atoms with Crippen molar-refractivity contribution < 1.29 is 14.3 Å². The summed E-state index contributed by atoms with van der Waals surface area (Å²) in [5, 5.41) is 12.3. The summed E-state index contributed by atoms with van der Waals surface area (Å²) in [6, 6.07) is 7.23. The summed E-state index contributed by atoms with van der Waals surface area (Å²) in [7, 11) is 1.95. The quantitative estimate of drug-likeness (QED) is 0.647. The van der Waals surface area contributed by atoms with Crippen LogP contribution < -0.4 is 10.2 Å². The zero-order valence-corrected chi connectivity index (χ0v) is 18.0. The number of carbonyl (C=O) groups is 2. The molecule has 2 aliphatic rings. The number of thioether (sulfide) groups is 1. The lowest BCUT2D eigenvalue weighted by Crippen LogP contribution is -2.27. The Balaban J connectivity index is 1.28. The number of aromatic nitrogens is 3. The van der Waals surface area contributed by atoms with Crippen LogP contribution in [0.2, 0.25) is 0 Å². The predicted octanol–water partition coefficient (Wildman–Crippen LogP) is 2.19. The van der Waals surface area contributed by atoms with Gasteiger partial charge in [-0.3, -0.25) is 9.59 Å². The van der Waals surface area contributed by atoms with Crippen LogP contribution in [-0.2, 0) is 23.0 Å². The molecular weight excluding hydrogens is 402 g/mol. The van der Waals surface area contributed by atoms with Crippen molar-refractivity contribution in [2.75, 3.05) is 30.3 Å². The number of carbonyl (C=O) groups excluding carboxylic acids is 2. The van der Waals surface area contributed by atoms with Crippen LogP contribution in [0.1, 0.15) is 41.9 Å². The molecule has 160 valence electrons. The number of hydrogen-bond acceptors (Lipinski definition) is 6. The monoisotopic (exact) mass is 429 g/mol. The number of nitrogens with zero attached hydrogens (tertiary/aromatic N) is 4. The third-order valence-corrected chi connectivity index (χ3v) is 6.63. The minimum absolute atomic E-state index is 0.114. The Kier molecular flexibility index (Phi) is 6.69. The average molecular weight is 430 g/mol. The van der Waals surface area contributed by atoms with Crippen LogP contribution >= 0.6 is 11.8 Å². The van der Waals surface area contributed by atoms with E-state index in [4.69, 9.17) is 4.74 Å². The number of rotatable bonds is 8. The van der Waals surface area contributed by atoms with Crippen LogP contribution in [0.15, 0.2) is 29.4 Å². The van der Waals surface area contributed by atoms with Crippen molar-refractivity contribution in [2.45, 2.75) is 43.4 Å². The number of nitrogens with one attached hydrogen (secondary N) is 1. The predicted molar refractivity (Wildman–Crippen MR) is 115 cm³/mol. The van der Waals surface area contributed by atoms with Crippen molar-refractivity contribution in [1.82, 2.24) is 20.1 Å². The molecular formula is C21H27N5O3S. The molecule has 8 nitrogen and oxygen atoms in total. The number of benzene rings is 1. The summed E-state index contributed by atoms with van der Waals surface area (Å²) in [6.45, 7) is 2.03. The summed E-state index contributed by atoms with van der Waals surface area (Å²) in [4.78, 5) is 26.2. The van der Waals surface area contributed by atoms with Crippen molar-refractivity contribution in [3.8, 4) is 0 Å². The van der Waals surface area contributed by atoms with E-state index in [2.05, 4.69) is 15.5 Å². The highest BCUT2D eigenvalue weighted by molar-refractivity contribution is 7.99. The minimum Gasteiger partial charge on any atom is -0.377 e. The van der Waals surface area contributed by atoms with Crippen molar-refractivity contribution >= 4 is 29.3 Å². The van der Waals surface area contributed by atoms with E-state index in [1.54, 1.807) is 28.8 Å². The smallest absolute Gasteiger partial charge is 0.251 e. The topological polar surface area (TPSA) is 89.4 Å². The highest BCUT2D eigenvalue weighted by atomic mass is 32.2. The molecule has 0 unspecified atom stereocenters. The van der Waals surface area contributed by atoms with Crippen molar-refractivity contribution in [1.29, 1.82) is 0 Å². The lowest BCUT2D eigenvalue weighted by atomic mass is 10.1. The Morgan fingerprint density at radius 3 is 3.00 bits per heavy atom. The Hall–Kier alpha value is -2.39. The molecule has 2 saturated heterocycles. The summed E-state index contributed by atoms with van der Waals surface area (Å²) >= 11 is 1.66. The zero-order chi connectivity index (χ0) is 20.9. The van der Waals surface area contributed by atoms with Gasteiger partial charge in [-0.25, -0.2) is 0 Å². The first-order chi connectivity index (χ1) is 14.6. The number of amides is 2. The number of ether oxygens (including phenoxy) is 1. The van der Waals surface area contributed by atoms with Crippen LogP contribution in [-0.4, -0.2) is 58.1 Å². The molecule has 3 heterocycles. The third-order valence-electron chi connectivity index (χ3n) is 5.47. The van der Waals surface area contributed by atoms with Gasteiger partial charge in [0, 0.05) is 56.6 Å². The SMILES string of the molecule is Cn1c(CCNC(=O)c2cccc(N3CCCC3=O)c2)nnc1SC[C@H]1CCCO1. The minimum atomic E-state index is -0.154. The molecule has 0 saturated carbocycles. The van der Waals surface area contributed by atoms with Gasteiger partial charge in [0.15, 0.2) is 5.16 Å².